The van der Waals surface area contributed by atoms with Crippen LogP contribution in [0.15, 0.2) is 0 Å². The number of aryl methyl sites for hydroxylation is 1. The van der Waals surface area contributed by atoms with Gasteiger partial charge in [0.1, 0.15) is 0 Å². The van der Waals surface area contributed by atoms with Gasteiger partial charge in [-0.25, -0.2) is 8.42 Å². The Balaban J connectivity index is 1.93. The molecule has 0 saturated carbocycles. The second kappa shape index (κ2) is 5.20. The zero-order valence-electron chi connectivity index (χ0n) is 10.8. The van der Waals surface area contributed by atoms with Crippen molar-refractivity contribution in [1.82, 2.24) is 15.5 Å². The molecule has 0 spiro atoms. The lowest BCUT2D eigenvalue weighted by atomic mass is 10.1. The number of carbonyl (C=O) groups is 1. The Morgan fingerprint density at radius 3 is 2.84 bits per heavy atom. The van der Waals surface area contributed by atoms with E-state index in [2.05, 4.69) is 15.5 Å². The first-order valence-electron chi connectivity index (χ1n) is 6.24. The molecule has 0 aliphatic carbocycles. The smallest absolute Gasteiger partial charge is 0.273 e. The van der Waals surface area contributed by atoms with Crippen LogP contribution in [0.1, 0.15) is 29.5 Å². The summed E-state index contributed by atoms with van der Waals surface area (Å²) in [6, 6.07) is 0. The Labute approximate surface area is 111 Å². The highest BCUT2D eigenvalue weighted by molar-refractivity contribution is 7.91. The van der Waals surface area contributed by atoms with Gasteiger partial charge in [-0.05, 0) is 18.8 Å². The number of aromatic amines is 1. The predicted molar refractivity (Wildman–Crippen MR) is 71.5 cm³/mol. The summed E-state index contributed by atoms with van der Waals surface area (Å²) in [7, 11) is -2.91. The number of anilines is 1. The molecule has 1 atom stereocenters. The number of nitrogens with zero attached hydrogens (tertiary/aromatic N) is 1. The summed E-state index contributed by atoms with van der Waals surface area (Å²) in [5.74, 6) is -0.0285. The number of H-pyrrole nitrogens is 1. The molecule has 106 valence electrons. The minimum atomic E-state index is -2.91. The zero-order chi connectivity index (χ0) is 14.0. The highest BCUT2D eigenvalue weighted by Gasteiger charge is 2.28. The Kier molecular flexibility index (Phi) is 3.79. The van der Waals surface area contributed by atoms with Gasteiger partial charge in [0.2, 0.25) is 0 Å². The number of amides is 1. The van der Waals surface area contributed by atoms with Crippen molar-refractivity contribution in [2.45, 2.75) is 19.8 Å². The molecule has 1 aliphatic heterocycles. The largest absolute Gasteiger partial charge is 0.395 e. The van der Waals surface area contributed by atoms with E-state index in [0.29, 0.717) is 25.1 Å². The van der Waals surface area contributed by atoms with E-state index in [1.54, 1.807) is 0 Å². The highest BCUT2D eigenvalue weighted by atomic mass is 32.2. The Morgan fingerprint density at radius 1 is 1.58 bits per heavy atom. The standard InChI is InChI=1S/C11H18N4O3S/c1-2-8-9(12)10(15-14-8)11(16)13-5-7-3-4-19(17,18)6-7/h7H,2-6,12H2,1H3,(H,13,16)(H,14,15). The van der Waals surface area contributed by atoms with Gasteiger partial charge in [-0.1, -0.05) is 6.92 Å². The zero-order valence-corrected chi connectivity index (χ0v) is 11.6. The fraction of sp³-hybridized carbons (Fsp3) is 0.636. The third-order valence-corrected chi connectivity index (χ3v) is 5.17. The molecule has 19 heavy (non-hydrogen) atoms. The van der Waals surface area contributed by atoms with Gasteiger partial charge in [-0.2, -0.15) is 5.10 Å². The van der Waals surface area contributed by atoms with Crippen molar-refractivity contribution >= 4 is 21.4 Å². The molecule has 4 N–H and O–H groups in total. The van der Waals surface area contributed by atoms with Gasteiger partial charge in [-0.3, -0.25) is 9.89 Å². The molecule has 1 amide bonds. The molecular weight excluding hydrogens is 268 g/mol. The first-order chi connectivity index (χ1) is 8.93. The monoisotopic (exact) mass is 286 g/mol. The maximum atomic E-state index is 11.9. The number of hydrogen-bond donors (Lipinski definition) is 3. The third kappa shape index (κ3) is 3.06. The fourth-order valence-electron chi connectivity index (χ4n) is 2.18. The van der Waals surface area contributed by atoms with Crippen molar-refractivity contribution in [1.29, 1.82) is 0 Å². The van der Waals surface area contributed by atoms with Crippen LogP contribution in [-0.2, 0) is 16.3 Å². The van der Waals surface area contributed by atoms with E-state index in [-0.39, 0.29) is 29.0 Å². The van der Waals surface area contributed by atoms with Gasteiger partial charge in [0, 0.05) is 6.54 Å². The normalized spacial score (nSPS) is 21.4. The number of nitrogens with one attached hydrogen (secondary N) is 2. The predicted octanol–water partition coefficient (Wildman–Crippen LogP) is -0.281. The number of sulfone groups is 1. The van der Waals surface area contributed by atoms with Crippen LogP contribution < -0.4 is 11.1 Å². The van der Waals surface area contributed by atoms with Crippen LogP contribution in [-0.4, -0.2) is 42.6 Å². The summed E-state index contributed by atoms with van der Waals surface area (Å²) in [5, 5.41) is 9.29. The first-order valence-corrected chi connectivity index (χ1v) is 8.06. The average molecular weight is 286 g/mol. The van der Waals surface area contributed by atoms with Crippen molar-refractivity contribution in [2.75, 3.05) is 23.8 Å². The number of rotatable bonds is 4. The van der Waals surface area contributed by atoms with E-state index in [1.165, 1.54) is 0 Å². The van der Waals surface area contributed by atoms with E-state index in [4.69, 9.17) is 5.73 Å². The molecule has 2 rings (SSSR count). The molecule has 2 heterocycles. The maximum Gasteiger partial charge on any atom is 0.273 e. The van der Waals surface area contributed by atoms with Gasteiger partial charge in [0.25, 0.3) is 5.91 Å². The second-order valence-electron chi connectivity index (χ2n) is 4.80. The van der Waals surface area contributed by atoms with Crippen LogP contribution in [0.4, 0.5) is 5.69 Å². The Morgan fingerprint density at radius 2 is 2.32 bits per heavy atom. The first kappa shape index (κ1) is 13.9. The summed E-state index contributed by atoms with van der Waals surface area (Å²) in [6.45, 7) is 2.25. The van der Waals surface area contributed by atoms with E-state index >= 15 is 0 Å². The minimum absolute atomic E-state index is 0.0141. The second-order valence-corrected chi connectivity index (χ2v) is 7.03. The molecular formula is C11H18N4O3S. The van der Waals surface area contributed by atoms with Gasteiger partial charge >= 0.3 is 0 Å². The van der Waals surface area contributed by atoms with Gasteiger partial charge in [0.05, 0.1) is 22.9 Å². The number of hydrogen-bond acceptors (Lipinski definition) is 5. The fourth-order valence-corrected chi connectivity index (χ4v) is 4.04. The van der Waals surface area contributed by atoms with Crippen LogP contribution in [0.5, 0.6) is 0 Å². The number of aromatic nitrogens is 2. The number of carbonyl (C=O) groups excluding carboxylic acids is 1. The van der Waals surface area contributed by atoms with Crippen molar-refractivity contribution in [3.63, 3.8) is 0 Å². The molecule has 1 aromatic heterocycles. The summed E-state index contributed by atoms with van der Waals surface area (Å²) >= 11 is 0. The van der Waals surface area contributed by atoms with Gasteiger partial charge < -0.3 is 11.1 Å². The van der Waals surface area contributed by atoms with E-state index in [9.17, 15) is 13.2 Å². The molecule has 1 saturated heterocycles. The Bertz CT molecular complexity index is 579. The van der Waals surface area contributed by atoms with Crippen LogP contribution in [0.25, 0.3) is 0 Å². The summed E-state index contributed by atoms with van der Waals surface area (Å²) in [4.78, 5) is 11.9. The third-order valence-electron chi connectivity index (χ3n) is 3.33. The maximum absolute atomic E-state index is 11.9. The van der Waals surface area contributed by atoms with E-state index < -0.39 is 9.84 Å². The summed E-state index contributed by atoms with van der Waals surface area (Å²) < 4.78 is 22.6. The molecule has 1 unspecified atom stereocenters. The molecule has 1 fully saturated rings. The van der Waals surface area contributed by atoms with Crippen LogP contribution in [0.2, 0.25) is 0 Å². The number of nitrogens with two attached hydrogens (primary N) is 1. The Hall–Kier alpha value is -1.57. The molecule has 7 nitrogen and oxygen atoms in total. The van der Waals surface area contributed by atoms with Crippen LogP contribution in [0, 0.1) is 5.92 Å². The highest BCUT2D eigenvalue weighted by Crippen LogP contribution is 2.18. The SMILES string of the molecule is CCc1[nH]nc(C(=O)NCC2CCS(=O)(=O)C2)c1N. The quantitative estimate of drug-likeness (QED) is 0.703. The minimum Gasteiger partial charge on any atom is -0.395 e. The van der Waals surface area contributed by atoms with Gasteiger partial charge in [0.15, 0.2) is 15.5 Å². The summed E-state index contributed by atoms with van der Waals surface area (Å²) in [5.41, 5.74) is 7.06. The van der Waals surface area contributed by atoms with Crippen LogP contribution in [0.3, 0.4) is 0 Å². The lowest BCUT2D eigenvalue weighted by Gasteiger charge is -2.08. The van der Waals surface area contributed by atoms with Crippen molar-refractivity contribution in [3.05, 3.63) is 11.4 Å². The molecule has 0 aromatic carbocycles. The molecule has 0 radical (unpaired) electrons. The lowest BCUT2D eigenvalue weighted by Crippen LogP contribution is -2.30. The van der Waals surface area contributed by atoms with E-state index in [0.717, 1.165) is 5.69 Å². The lowest BCUT2D eigenvalue weighted by molar-refractivity contribution is 0.0944. The topological polar surface area (TPSA) is 118 Å². The van der Waals surface area contributed by atoms with Crippen molar-refractivity contribution in [3.8, 4) is 0 Å². The molecule has 8 heteroatoms. The molecule has 1 aliphatic rings. The summed E-state index contributed by atoms with van der Waals surface area (Å²) in [6.07, 6.45) is 1.27. The van der Waals surface area contributed by atoms with E-state index in [1.807, 2.05) is 6.92 Å². The molecule has 0 bridgehead atoms. The average Bonchev–Trinajstić information content (AvgIpc) is 2.89. The number of nitrogen functional groups attached to an aromatic ring is 1. The van der Waals surface area contributed by atoms with Gasteiger partial charge in [-0.15, -0.1) is 0 Å². The molecule has 1 aromatic rings. The van der Waals surface area contributed by atoms with Crippen molar-refractivity contribution < 1.29 is 13.2 Å². The van der Waals surface area contributed by atoms with Crippen LogP contribution >= 0.6 is 0 Å². The van der Waals surface area contributed by atoms with Crippen molar-refractivity contribution in [2.24, 2.45) is 5.92 Å².